The Morgan fingerprint density at radius 3 is 2.59 bits per heavy atom. The second-order valence-corrected chi connectivity index (χ2v) is 11.3. The van der Waals surface area contributed by atoms with Crippen molar-refractivity contribution in [3.63, 3.8) is 0 Å². The van der Waals surface area contributed by atoms with Gasteiger partial charge < -0.3 is 24.7 Å². The van der Waals surface area contributed by atoms with Gasteiger partial charge in [-0.2, -0.15) is 0 Å². The number of fused-ring (bicyclic) bond motifs is 1. The zero-order chi connectivity index (χ0) is 26.8. The predicted octanol–water partition coefficient (Wildman–Crippen LogP) is 3.07. The van der Waals surface area contributed by atoms with Crippen LogP contribution < -0.4 is 15.5 Å². The van der Waals surface area contributed by atoms with Gasteiger partial charge in [0, 0.05) is 42.4 Å². The van der Waals surface area contributed by atoms with E-state index in [1.54, 1.807) is 6.07 Å². The van der Waals surface area contributed by atoms with Gasteiger partial charge in [0.15, 0.2) is 15.5 Å². The highest BCUT2D eigenvalue weighted by atomic mass is 32.2. The standard InChI is InChI=1S/C27H27N7O4S/c1-39(35,36)19-15-22(34-11-13-37-14-12-34)25(29-16-19)26-32-33-27(38-26)31-23-17-28-21-10-6-5-9-20(21)24(30-23)18-7-3-2-4-8-18/h2-10,15-16,23,28H,11-14,17H2,1H3,(H,31,33)/t23-/m1/s1. The molecule has 12 heteroatoms. The summed E-state index contributed by atoms with van der Waals surface area (Å²) >= 11 is 0. The molecule has 2 aliphatic rings. The fraction of sp³-hybridized carbons (Fsp3) is 0.259. The molecule has 2 aliphatic heterocycles. The normalized spacial score (nSPS) is 17.5. The summed E-state index contributed by atoms with van der Waals surface area (Å²) in [7, 11) is -3.45. The number of nitrogens with zero attached hydrogens (tertiary/aromatic N) is 5. The summed E-state index contributed by atoms with van der Waals surface area (Å²) in [4.78, 5) is 11.6. The van der Waals surface area contributed by atoms with Crippen LogP contribution in [0.25, 0.3) is 11.6 Å². The van der Waals surface area contributed by atoms with Crippen LogP contribution in [0.15, 0.2) is 81.2 Å². The van der Waals surface area contributed by atoms with Crippen molar-refractivity contribution < 1.29 is 17.6 Å². The van der Waals surface area contributed by atoms with E-state index in [4.69, 9.17) is 14.1 Å². The smallest absolute Gasteiger partial charge is 0.317 e. The van der Waals surface area contributed by atoms with Crippen LogP contribution in [-0.2, 0) is 14.6 Å². The van der Waals surface area contributed by atoms with Gasteiger partial charge in [-0.05, 0) is 12.1 Å². The number of aliphatic imine (C=N–C) groups is 1. The van der Waals surface area contributed by atoms with Gasteiger partial charge in [0.2, 0.25) is 0 Å². The van der Waals surface area contributed by atoms with Gasteiger partial charge in [-0.15, -0.1) is 5.10 Å². The van der Waals surface area contributed by atoms with Crippen LogP contribution in [0.4, 0.5) is 17.4 Å². The number of hydrogen-bond donors (Lipinski definition) is 2. The Morgan fingerprint density at radius 1 is 1.03 bits per heavy atom. The molecule has 2 aromatic carbocycles. The number of sulfone groups is 1. The maximum atomic E-state index is 12.2. The van der Waals surface area contributed by atoms with Crippen molar-refractivity contribution in [2.24, 2.45) is 4.99 Å². The molecule has 1 atom stereocenters. The van der Waals surface area contributed by atoms with Gasteiger partial charge in [-0.25, -0.2) is 13.4 Å². The minimum absolute atomic E-state index is 0.123. The summed E-state index contributed by atoms with van der Waals surface area (Å²) in [6.07, 6.45) is 2.07. The molecule has 1 saturated heterocycles. The first-order valence-corrected chi connectivity index (χ1v) is 14.4. The monoisotopic (exact) mass is 545 g/mol. The molecule has 200 valence electrons. The molecular formula is C27H27N7O4S. The molecule has 0 unspecified atom stereocenters. The minimum Gasteiger partial charge on any atom is -0.402 e. The Bertz CT molecular complexity index is 1620. The van der Waals surface area contributed by atoms with E-state index in [-0.39, 0.29) is 16.8 Å². The van der Waals surface area contributed by atoms with Gasteiger partial charge in [0.25, 0.3) is 5.89 Å². The molecule has 0 spiro atoms. The van der Waals surface area contributed by atoms with Crippen LogP contribution in [0.2, 0.25) is 0 Å². The average molecular weight is 546 g/mol. The molecule has 4 aromatic rings. The summed E-state index contributed by atoms with van der Waals surface area (Å²) in [6, 6.07) is 19.8. The highest BCUT2D eigenvalue weighted by Crippen LogP contribution is 2.32. The third-order valence-electron chi connectivity index (χ3n) is 6.54. The van der Waals surface area contributed by atoms with E-state index in [2.05, 4.69) is 25.8 Å². The Labute approximate surface area is 225 Å². The van der Waals surface area contributed by atoms with Crippen LogP contribution in [0.5, 0.6) is 0 Å². The molecule has 0 saturated carbocycles. The summed E-state index contributed by atoms with van der Waals surface area (Å²) in [5.41, 5.74) is 4.85. The number of anilines is 3. The fourth-order valence-electron chi connectivity index (χ4n) is 4.60. The lowest BCUT2D eigenvalue weighted by molar-refractivity contribution is 0.122. The van der Waals surface area contributed by atoms with Crippen molar-refractivity contribution in [3.05, 3.63) is 78.0 Å². The first-order valence-electron chi connectivity index (χ1n) is 12.6. The van der Waals surface area contributed by atoms with Crippen LogP contribution >= 0.6 is 0 Å². The van der Waals surface area contributed by atoms with Crippen LogP contribution in [0.3, 0.4) is 0 Å². The van der Waals surface area contributed by atoms with Crippen molar-refractivity contribution in [2.75, 3.05) is 54.6 Å². The quantitative estimate of drug-likeness (QED) is 0.372. The Balaban J connectivity index is 1.31. The molecule has 4 heterocycles. The minimum atomic E-state index is -3.45. The maximum absolute atomic E-state index is 12.2. The van der Waals surface area contributed by atoms with Gasteiger partial charge in [-0.1, -0.05) is 53.6 Å². The van der Waals surface area contributed by atoms with Crippen LogP contribution in [0.1, 0.15) is 11.1 Å². The van der Waals surface area contributed by atoms with E-state index >= 15 is 0 Å². The van der Waals surface area contributed by atoms with Crippen molar-refractivity contribution in [1.82, 2.24) is 15.2 Å². The van der Waals surface area contributed by atoms with Crippen molar-refractivity contribution in [3.8, 4) is 11.6 Å². The van der Waals surface area contributed by atoms with E-state index in [1.165, 1.54) is 6.20 Å². The third-order valence-corrected chi connectivity index (χ3v) is 7.62. The predicted molar refractivity (Wildman–Crippen MR) is 148 cm³/mol. The molecule has 11 nitrogen and oxygen atoms in total. The number of aromatic nitrogens is 3. The molecular weight excluding hydrogens is 518 g/mol. The number of para-hydroxylation sites is 1. The molecule has 1 fully saturated rings. The topological polar surface area (TPSA) is 135 Å². The van der Waals surface area contributed by atoms with Gasteiger partial charge in [0.05, 0.1) is 36.1 Å². The second-order valence-electron chi connectivity index (χ2n) is 9.25. The first kappa shape index (κ1) is 25.0. The lowest BCUT2D eigenvalue weighted by atomic mass is 10.0. The van der Waals surface area contributed by atoms with Gasteiger partial charge in [-0.3, -0.25) is 4.99 Å². The van der Waals surface area contributed by atoms with E-state index in [0.717, 1.165) is 28.8 Å². The number of benzodiazepines with no additional fused rings is 1. The van der Waals surface area contributed by atoms with Crippen molar-refractivity contribution >= 4 is 32.9 Å². The largest absolute Gasteiger partial charge is 0.402 e. The Kier molecular flexibility index (Phi) is 6.71. The SMILES string of the molecule is CS(=O)(=O)c1cnc(-c2nnc(N[C@@H]3CNc4ccccc4C(c4ccccc4)=N3)o2)c(N2CCOCC2)c1. The number of ether oxygens (including phenoxy) is 1. The lowest BCUT2D eigenvalue weighted by Gasteiger charge is -2.29. The molecule has 0 aliphatic carbocycles. The number of benzene rings is 2. The van der Waals surface area contributed by atoms with Crippen LogP contribution in [0, 0.1) is 0 Å². The van der Waals surface area contributed by atoms with E-state index in [1.807, 2.05) is 59.5 Å². The molecule has 2 N–H and O–H groups in total. The number of morpholine rings is 1. The zero-order valence-corrected chi connectivity index (χ0v) is 22.1. The molecule has 6 rings (SSSR count). The summed E-state index contributed by atoms with van der Waals surface area (Å²) in [5.74, 6) is 0.177. The first-order chi connectivity index (χ1) is 19.0. The lowest BCUT2D eigenvalue weighted by Crippen LogP contribution is -2.36. The van der Waals surface area contributed by atoms with Gasteiger partial charge >= 0.3 is 6.01 Å². The molecule has 0 bridgehead atoms. The Hall–Kier alpha value is -4.29. The van der Waals surface area contributed by atoms with Gasteiger partial charge in [0.1, 0.15) is 6.17 Å². The highest BCUT2D eigenvalue weighted by molar-refractivity contribution is 7.90. The number of nitrogens with one attached hydrogen (secondary N) is 2. The zero-order valence-electron chi connectivity index (χ0n) is 21.2. The maximum Gasteiger partial charge on any atom is 0.317 e. The molecule has 0 radical (unpaired) electrons. The third kappa shape index (κ3) is 5.33. The molecule has 39 heavy (non-hydrogen) atoms. The van der Waals surface area contributed by atoms with Crippen molar-refractivity contribution in [1.29, 1.82) is 0 Å². The van der Waals surface area contributed by atoms with E-state index < -0.39 is 16.0 Å². The molecule has 0 amide bonds. The number of hydrogen-bond acceptors (Lipinski definition) is 11. The van der Waals surface area contributed by atoms with E-state index in [9.17, 15) is 8.42 Å². The Morgan fingerprint density at radius 2 is 1.79 bits per heavy atom. The summed E-state index contributed by atoms with van der Waals surface area (Å²) < 4.78 is 35.9. The van der Waals surface area contributed by atoms with Crippen molar-refractivity contribution in [2.45, 2.75) is 11.1 Å². The average Bonchev–Trinajstić information content (AvgIpc) is 3.35. The number of rotatable bonds is 6. The number of pyridine rings is 1. The van der Waals surface area contributed by atoms with E-state index in [0.29, 0.717) is 44.2 Å². The highest BCUT2D eigenvalue weighted by Gasteiger charge is 2.25. The summed E-state index contributed by atoms with van der Waals surface area (Å²) in [5, 5.41) is 15.1. The summed E-state index contributed by atoms with van der Waals surface area (Å²) in [6.45, 7) is 2.72. The van der Waals surface area contributed by atoms with Crippen LogP contribution in [-0.4, -0.2) is 74.6 Å². The fourth-order valence-corrected chi connectivity index (χ4v) is 5.17. The molecule has 2 aromatic heterocycles. The second kappa shape index (κ2) is 10.5.